The molecule has 1 N–H and O–H groups in total. The van der Waals surface area contributed by atoms with Crippen molar-refractivity contribution < 1.29 is 31.2 Å². The van der Waals surface area contributed by atoms with E-state index in [0.717, 1.165) is 22.2 Å². The number of rotatable bonds is 11. The van der Waals surface area contributed by atoms with Gasteiger partial charge >= 0.3 is 6.18 Å². The highest BCUT2D eigenvalue weighted by Crippen LogP contribution is 2.33. The van der Waals surface area contributed by atoms with Gasteiger partial charge in [0.05, 0.1) is 16.1 Å². The van der Waals surface area contributed by atoms with Crippen LogP contribution < -0.4 is 9.62 Å². The van der Waals surface area contributed by atoms with Crippen LogP contribution in [0.25, 0.3) is 0 Å². The van der Waals surface area contributed by atoms with E-state index >= 15 is 0 Å². The third kappa shape index (κ3) is 9.68. The molecule has 0 fully saturated rings. The van der Waals surface area contributed by atoms with Gasteiger partial charge in [-0.1, -0.05) is 82.7 Å². The quantitative estimate of drug-likeness (QED) is 0.177. The standard InChI is InChI=1S/C35H35BrF3N3O4S/c1-34(2,3)40-33(44)31(21-25-12-6-4-7-13-25)41(23-26-14-10-16-28(36)20-26)32(43)24-42(47(45,46)30-18-8-5-9-19-30)29-17-11-15-27(22-29)35(37,38)39/h4-20,22,31H,21,23-24H2,1-3H3,(H,40,44). The summed E-state index contributed by atoms with van der Waals surface area (Å²) in [5, 5.41) is 2.94. The summed E-state index contributed by atoms with van der Waals surface area (Å²) in [5.41, 5.74) is -0.699. The molecule has 1 atom stereocenters. The largest absolute Gasteiger partial charge is 0.416 e. The number of nitrogens with one attached hydrogen (secondary N) is 1. The molecule has 0 saturated carbocycles. The molecular formula is C35H35BrF3N3O4S. The summed E-state index contributed by atoms with van der Waals surface area (Å²) in [6, 6.07) is 26.0. The molecule has 47 heavy (non-hydrogen) atoms. The maximum atomic E-state index is 14.5. The van der Waals surface area contributed by atoms with Gasteiger partial charge in [0.2, 0.25) is 11.8 Å². The summed E-state index contributed by atoms with van der Waals surface area (Å²) in [6.07, 6.45) is -4.67. The molecule has 0 radical (unpaired) electrons. The van der Waals surface area contributed by atoms with Crippen molar-refractivity contribution in [3.05, 3.63) is 130 Å². The monoisotopic (exact) mass is 729 g/mol. The van der Waals surface area contributed by atoms with Crippen molar-refractivity contribution in [2.75, 3.05) is 10.8 Å². The van der Waals surface area contributed by atoms with E-state index in [1.807, 2.05) is 18.2 Å². The van der Waals surface area contributed by atoms with Crippen molar-refractivity contribution in [3.63, 3.8) is 0 Å². The molecule has 0 aliphatic carbocycles. The average Bonchev–Trinajstić information content (AvgIpc) is 3.01. The minimum absolute atomic E-state index is 0.0881. The van der Waals surface area contributed by atoms with Gasteiger partial charge in [0.15, 0.2) is 0 Å². The maximum absolute atomic E-state index is 14.5. The summed E-state index contributed by atoms with van der Waals surface area (Å²) >= 11 is 3.43. The Morgan fingerprint density at radius 3 is 2.00 bits per heavy atom. The third-order valence-electron chi connectivity index (χ3n) is 7.08. The molecule has 1 unspecified atom stereocenters. The Balaban J connectivity index is 1.85. The van der Waals surface area contributed by atoms with E-state index < -0.39 is 51.7 Å². The number of sulfonamides is 1. The predicted octanol–water partition coefficient (Wildman–Crippen LogP) is 7.22. The molecule has 0 spiro atoms. The number of amides is 2. The second kappa shape index (κ2) is 14.7. The first kappa shape index (κ1) is 35.7. The van der Waals surface area contributed by atoms with Crippen molar-refractivity contribution in [3.8, 4) is 0 Å². The van der Waals surface area contributed by atoms with E-state index in [9.17, 15) is 31.2 Å². The smallest absolute Gasteiger partial charge is 0.350 e. The van der Waals surface area contributed by atoms with Crippen molar-refractivity contribution >= 4 is 43.5 Å². The number of anilines is 1. The van der Waals surface area contributed by atoms with Gasteiger partial charge in [-0.05, 0) is 74.4 Å². The first-order valence-electron chi connectivity index (χ1n) is 14.7. The number of halogens is 4. The Morgan fingerprint density at radius 1 is 0.809 bits per heavy atom. The Hall–Kier alpha value is -4.16. The number of hydrogen-bond donors (Lipinski definition) is 1. The fourth-order valence-corrected chi connectivity index (χ4v) is 6.80. The Labute approximate surface area is 281 Å². The van der Waals surface area contributed by atoms with Gasteiger partial charge in [0.1, 0.15) is 12.6 Å². The average molecular weight is 731 g/mol. The molecule has 0 aliphatic rings. The van der Waals surface area contributed by atoms with E-state index in [1.54, 1.807) is 63.2 Å². The molecule has 4 aromatic rings. The summed E-state index contributed by atoms with van der Waals surface area (Å²) in [7, 11) is -4.55. The van der Waals surface area contributed by atoms with Gasteiger partial charge < -0.3 is 10.2 Å². The zero-order chi connectivity index (χ0) is 34.4. The number of carbonyl (C=O) groups is 2. The van der Waals surface area contributed by atoms with E-state index in [-0.39, 0.29) is 23.5 Å². The highest BCUT2D eigenvalue weighted by atomic mass is 79.9. The van der Waals surface area contributed by atoms with Crippen LogP contribution in [0, 0.1) is 0 Å². The third-order valence-corrected chi connectivity index (χ3v) is 9.36. The summed E-state index contributed by atoms with van der Waals surface area (Å²) in [6.45, 7) is 4.43. The van der Waals surface area contributed by atoms with Crippen molar-refractivity contribution in [2.45, 2.75) is 56.4 Å². The number of benzene rings is 4. The molecule has 0 aliphatic heterocycles. The highest BCUT2D eigenvalue weighted by molar-refractivity contribution is 9.10. The van der Waals surface area contributed by atoms with E-state index in [1.165, 1.54) is 35.2 Å². The molecule has 0 saturated heterocycles. The summed E-state index contributed by atoms with van der Waals surface area (Å²) in [4.78, 5) is 29.5. The summed E-state index contributed by atoms with van der Waals surface area (Å²) < 4.78 is 70.7. The summed E-state index contributed by atoms with van der Waals surface area (Å²) in [5.74, 6) is -1.26. The van der Waals surface area contributed by atoms with Crippen LogP contribution in [0.1, 0.15) is 37.5 Å². The Morgan fingerprint density at radius 2 is 1.40 bits per heavy atom. The van der Waals surface area contributed by atoms with Crippen LogP contribution in [0.2, 0.25) is 0 Å². The highest BCUT2D eigenvalue weighted by Gasteiger charge is 2.37. The van der Waals surface area contributed by atoms with Gasteiger partial charge in [0, 0.05) is 23.0 Å². The van der Waals surface area contributed by atoms with E-state index in [2.05, 4.69) is 21.2 Å². The van der Waals surface area contributed by atoms with Gasteiger partial charge in [0.25, 0.3) is 10.0 Å². The van der Waals surface area contributed by atoms with Crippen molar-refractivity contribution in [2.24, 2.45) is 0 Å². The van der Waals surface area contributed by atoms with Crippen LogP contribution in [0.15, 0.2) is 119 Å². The van der Waals surface area contributed by atoms with Crippen LogP contribution in [-0.4, -0.2) is 43.3 Å². The molecular weight excluding hydrogens is 695 g/mol. The zero-order valence-electron chi connectivity index (χ0n) is 26.0. The van der Waals surface area contributed by atoms with E-state index in [0.29, 0.717) is 15.9 Å². The number of nitrogens with zero attached hydrogens (tertiary/aromatic N) is 2. The van der Waals surface area contributed by atoms with Crippen molar-refractivity contribution in [1.29, 1.82) is 0 Å². The lowest BCUT2D eigenvalue weighted by Gasteiger charge is -2.35. The van der Waals surface area contributed by atoms with E-state index in [4.69, 9.17) is 0 Å². The van der Waals surface area contributed by atoms with Gasteiger partial charge in [-0.25, -0.2) is 8.42 Å². The fraction of sp³-hybridized carbons (Fsp3) is 0.257. The minimum atomic E-state index is -4.76. The molecule has 2 amide bonds. The first-order valence-corrected chi connectivity index (χ1v) is 16.9. The van der Waals surface area contributed by atoms with Gasteiger partial charge in [-0.2, -0.15) is 13.2 Å². The number of carbonyl (C=O) groups excluding carboxylic acids is 2. The number of alkyl halides is 3. The topological polar surface area (TPSA) is 86.8 Å². The molecule has 7 nitrogen and oxygen atoms in total. The molecule has 4 aromatic carbocycles. The van der Waals surface area contributed by atoms with Gasteiger partial charge in [-0.3, -0.25) is 13.9 Å². The maximum Gasteiger partial charge on any atom is 0.416 e. The second-order valence-corrected chi connectivity index (χ2v) is 14.7. The first-order chi connectivity index (χ1) is 22.0. The van der Waals surface area contributed by atoms with Crippen molar-refractivity contribution in [1.82, 2.24) is 10.2 Å². The lowest BCUT2D eigenvalue weighted by Crippen LogP contribution is -2.56. The molecule has 4 rings (SSSR count). The van der Waals surface area contributed by atoms with Crippen LogP contribution in [0.4, 0.5) is 18.9 Å². The molecule has 248 valence electrons. The molecule has 12 heteroatoms. The molecule has 0 bridgehead atoms. The number of hydrogen-bond acceptors (Lipinski definition) is 4. The van der Waals surface area contributed by atoms with Crippen LogP contribution in [0.3, 0.4) is 0 Å². The minimum Gasteiger partial charge on any atom is -0.350 e. The Bertz CT molecular complexity index is 1800. The van der Waals surface area contributed by atoms with Crippen LogP contribution in [0.5, 0.6) is 0 Å². The Kier molecular flexibility index (Phi) is 11.2. The fourth-order valence-electron chi connectivity index (χ4n) is 4.92. The predicted molar refractivity (Wildman–Crippen MR) is 179 cm³/mol. The SMILES string of the molecule is CC(C)(C)NC(=O)C(Cc1ccccc1)N(Cc1cccc(Br)c1)C(=O)CN(c1cccc(C(F)(F)F)c1)S(=O)(=O)c1ccccc1. The van der Waals surface area contributed by atoms with Crippen LogP contribution in [-0.2, 0) is 38.8 Å². The molecule has 0 aromatic heterocycles. The van der Waals surface area contributed by atoms with Gasteiger partial charge in [-0.15, -0.1) is 0 Å². The molecule has 0 heterocycles. The lowest BCUT2D eigenvalue weighted by molar-refractivity contribution is -0.140. The lowest BCUT2D eigenvalue weighted by atomic mass is 10.0. The zero-order valence-corrected chi connectivity index (χ0v) is 28.4. The normalized spacial score (nSPS) is 12.7. The second-order valence-electron chi connectivity index (χ2n) is 12.0. The van der Waals surface area contributed by atoms with Crippen LogP contribution >= 0.6 is 15.9 Å².